The van der Waals surface area contributed by atoms with E-state index in [1.54, 1.807) is 0 Å². The highest BCUT2D eigenvalue weighted by atomic mass is 32.1. The minimum absolute atomic E-state index is 0.378. The summed E-state index contributed by atoms with van der Waals surface area (Å²) < 4.78 is 0. The van der Waals surface area contributed by atoms with E-state index >= 15 is 0 Å². The minimum atomic E-state index is 0.378. The van der Waals surface area contributed by atoms with Crippen LogP contribution in [0, 0.1) is 17.8 Å². The maximum atomic E-state index is 5.80. The molecule has 1 saturated heterocycles. The highest BCUT2D eigenvalue weighted by Crippen LogP contribution is 2.55. The molecule has 4 saturated carbocycles. The molecule has 0 aromatic rings. The van der Waals surface area contributed by atoms with Crippen molar-refractivity contribution >= 4 is 17.3 Å². The van der Waals surface area contributed by atoms with Crippen LogP contribution in [0.4, 0.5) is 0 Å². The molecule has 1 N–H and O–H groups in total. The molecule has 0 spiro atoms. The molecule has 1 aliphatic heterocycles. The summed E-state index contributed by atoms with van der Waals surface area (Å²) >= 11 is 5.80. The highest BCUT2D eigenvalue weighted by Gasteiger charge is 2.51. The second-order valence-electron chi connectivity index (χ2n) is 8.17. The molecule has 5 rings (SSSR count). The largest absolute Gasteiger partial charge is 0.357 e. The lowest BCUT2D eigenvalue weighted by Crippen LogP contribution is -2.62. The molecule has 1 atom stereocenters. The predicted molar refractivity (Wildman–Crippen MR) is 86.7 cm³/mol. The van der Waals surface area contributed by atoms with E-state index in [2.05, 4.69) is 17.1 Å². The fourth-order valence-corrected chi connectivity index (χ4v) is 6.45. The summed E-state index contributed by atoms with van der Waals surface area (Å²) in [5, 5.41) is 4.95. The second-order valence-corrected chi connectivity index (χ2v) is 8.55. The van der Waals surface area contributed by atoms with Gasteiger partial charge in [-0.1, -0.05) is 0 Å². The molecular weight excluding hydrogens is 264 g/mol. The molecule has 0 amide bonds. The van der Waals surface area contributed by atoms with Crippen molar-refractivity contribution in [3.05, 3.63) is 0 Å². The quantitative estimate of drug-likeness (QED) is 0.742. The van der Waals surface area contributed by atoms with Crippen LogP contribution >= 0.6 is 12.2 Å². The number of hydrogen-bond acceptors (Lipinski definition) is 1. The third-order valence-electron chi connectivity index (χ3n) is 6.47. The van der Waals surface area contributed by atoms with Crippen LogP contribution in [-0.4, -0.2) is 28.1 Å². The van der Waals surface area contributed by atoms with E-state index in [1.807, 2.05) is 0 Å². The Kier molecular flexibility index (Phi) is 3.25. The molecule has 20 heavy (non-hydrogen) atoms. The zero-order chi connectivity index (χ0) is 13.7. The Morgan fingerprint density at radius 1 is 1.05 bits per heavy atom. The van der Waals surface area contributed by atoms with Gasteiger partial charge in [-0.3, -0.25) is 0 Å². The summed E-state index contributed by atoms with van der Waals surface area (Å²) in [5.41, 5.74) is 0.378. The molecule has 0 aromatic heterocycles. The topological polar surface area (TPSA) is 15.3 Å². The number of hydrogen-bond donors (Lipinski definition) is 1. The third kappa shape index (κ3) is 2.26. The van der Waals surface area contributed by atoms with E-state index in [9.17, 15) is 0 Å². The molecule has 1 unspecified atom stereocenters. The number of nitrogens with one attached hydrogen (secondary N) is 1. The van der Waals surface area contributed by atoms with Gasteiger partial charge >= 0.3 is 0 Å². The molecule has 2 nitrogen and oxygen atoms in total. The van der Waals surface area contributed by atoms with Crippen LogP contribution in [0.25, 0.3) is 0 Å². The van der Waals surface area contributed by atoms with Gasteiger partial charge < -0.3 is 10.2 Å². The van der Waals surface area contributed by atoms with Gasteiger partial charge in [-0.2, -0.15) is 0 Å². The first kappa shape index (κ1) is 13.4. The average molecular weight is 292 g/mol. The van der Waals surface area contributed by atoms with Crippen LogP contribution in [0.2, 0.25) is 0 Å². The van der Waals surface area contributed by atoms with Crippen molar-refractivity contribution in [2.24, 2.45) is 17.8 Å². The van der Waals surface area contributed by atoms with Crippen LogP contribution in [0.3, 0.4) is 0 Å². The third-order valence-corrected chi connectivity index (χ3v) is 6.81. The molecule has 4 aliphatic carbocycles. The van der Waals surface area contributed by atoms with E-state index in [0.29, 0.717) is 11.6 Å². The predicted octanol–water partition coefficient (Wildman–Crippen LogP) is 3.70. The van der Waals surface area contributed by atoms with Crippen molar-refractivity contribution in [3.63, 3.8) is 0 Å². The van der Waals surface area contributed by atoms with Gasteiger partial charge in [0.25, 0.3) is 0 Å². The maximum absolute atomic E-state index is 5.80. The van der Waals surface area contributed by atoms with Gasteiger partial charge in [0.1, 0.15) is 0 Å². The second kappa shape index (κ2) is 4.86. The zero-order valence-electron chi connectivity index (χ0n) is 12.7. The van der Waals surface area contributed by atoms with Gasteiger partial charge in [0.15, 0.2) is 5.11 Å². The summed E-state index contributed by atoms with van der Waals surface area (Å²) in [7, 11) is 0. The molecule has 1 heterocycles. The maximum Gasteiger partial charge on any atom is 0.169 e. The van der Waals surface area contributed by atoms with Gasteiger partial charge in [0, 0.05) is 18.1 Å². The number of piperidine rings is 1. The van der Waals surface area contributed by atoms with Gasteiger partial charge in [-0.05, 0) is 94.7 Å². The van der Waals surface area contributed by atoms with Gasteiger partial charge in [-0.15, -0.1) is 0 Å². The molecule has 112 valence electrons. The molecule has 4 bridgehead atoms. The number of nitrogens with zero attached hydrogens (tertiary/aromatic N) is 1. The van der Waals surface area contributed by atoms with Crippen LogP contribution in [-0.2, 0) is 0 Å². The summed E-state index contributed by atoms with van der Waals surface area (Å²) in [4.78, 5) is 2.47. The summed E-state index contributed by atoms with van der Waals surface area (Å²) in [5.74, 6) is 2.99. The number of rotatable bonds is 1. The standard InChI is InChI=1S/C17H28N2S/c1-12-4-2-3-5-19(12)16(20)18-17-9-13-6-14(10-17)8-15(7-13)11-17/h12-15H,2-11H2,1H3,(H,18,20). The van der Waals surface area contributed by atoms with E-state index < -0.39 is 0 Å². The summed E-state index contributed by atoms with van der Waals surface area (Å²) in [6.07, 6.45) is 12.7. The summed E-state index contributed by atoms with van der Waals surface area (Å²) in [6, 6.07) is 0.637. The van der Waals surface area contributed by atoms with Crippen LogP contribution < -0.4 is 5.32 Å². The Hall–Kier alpha value is -0.310. The van der Waals surface area contributed by atoms with Crippen LogP contribution in [0.15, 0.2) is 0 Å². The Bertz CT molecular complexity index is 371. The number of likely N-dealkylation sites (tertiary alicyclic amines) is 1. The Morgan fingerprint density at radius 3 is 2.20 bits per heavy atom. The van der Waals surface area contributed by atoms with E-state index in [0.717, 1.165) is 22.9 Å². The monoisotopic (exact) mass is 292 g/mol. The van der Waals surface area contributed by atoms with Crippen molar-refractivity contribution in [1.29, 1.82) is 0 Å². The highest BCUT2D eigenvalue weighted by molar-refractivity contribution is 7.80. The van der Waals surface area contributed by atoms with Crippen molar-refractivity contribution in [1.82, 2.24) is 10.2 Å². The molecule has 0 aromatic carbocycles. The summed E-state index contributed by atoms with van der Waals surface area (Å²) in [6.45, 7) is 3.51. The first-order chi connectivity index (χ1) is 9.63. The molecule has 5 aliphatic rings. The molecule has 3 heteroatoms. The fraction of sp³-hybridized carbons (Fsp3) is 0.941. The van der Waals surface area contributed by atoms with Crippen LogP contribution in [0.1, 0.15) is 64.7 Å². The van der Waals surface area contributed by atoms with Crippen molar-refractivity contribution in [2.75, 3.05) is 6.54 Å². The van der Waals surface area contributed by atoms with Gasteiger partial charge in [-0.25, -0.2) is 0 Å². The SMILES string of the molecule is CC1CCCCN1C(=S)NC12CC3CC(CC(C3)C1)C2. The first-order valence-electron chi connectivity index (χ1n) is 8.72. The normalized spacial score (nSPS) is 46.5. The van der Waals surface area contributed by atoms with Crippen LogP contribution in [0.5, 0.6) is 0 Å². The van der Waals surface area contributed by atoms with Gasteiger partial charge in [0.05, 0.1) is 0 Å². The molecule has 0 radical (unpaired) electrons. The first-order valence-corrected chi connectivity index (χ1v) is 9.13. The Labute approximate surface area is 128 Å². The van der Waals surface area contributed by atoms with Crippen molar-refractivity contribution in [3.8, 4) is 0 Å². The Morgan fingerprint density at radius 2 is 1.65 bits per heavy atom. The lowest BCUT2D eigenvalue weighted by molar-refractivity contribution is -0.0117. The smallest absolute Gasteiger partial charge is 0.169 e. The van der Waals surface area contributed by atoms with Crippen molar-refractivity contribution in [2.45, 2.75) is 76.3 Å². The lowest BCUT2D eigenvalue weighted by Gasteiger charge is -2.57. The van der Waals surface area contributed by atoms with E-state index in [4.69, 9.17) is 12.2 Å². The van der Waals surface area contributed by atoms with Gasteiger partial charge in [0.2, 0.25) is 0 Å². The lowest BCUT2D eigenvalue weighted by atomic mass is 9.53. The zero-order valence-corrected chi connectivity index (χ0v) is 13.6. The fourth-order valence-electron chi connectivity index (χ4n) is 5.96. The molecular formula is C17H28N2S. The van der Waals surface area contributed by atoms with E-state index in [-0.39, 0.29) is 0 Å². The Balaban J connectivity index is 1.47. The van der Waals surface area contributed by atoms with Crippen molar-refractivity contribution < 1.29 is 0 Å². The molecule has 5 fully saturated rings. The number of thiocarbonyl (C=S) groups is 1. The average Bonchev–Trinajstić information content (AvgIpc) is 2.36. The minimum Gasteiger partial charge on any atom is -0.357 e. The van der Waals surface area contributed by atoms with E-state index in [1.165, 1.54) is 64.3 Å².